The van der Waals surface area contributed by atoms with Gasteiger partial charge in [-0.1, -0.05) is 15.9 Å². The first kappa shape index (κ1) is 11.1. The molecule has 0 aliphatic carbocycles. The highest BCUT2D eigenvalue weighted by atomic mass is 127. The number of hydrogen-bond acceptors (Lipinski definition) is 1. The van der Waals surface area contributed by atoms with E-state index in [9.17, 15) is 13.6 Å². The molecule has 1 aromatic heterocycles. The van der Waals surface area contributed by atoms with Gasteiger partial charge in [-0.25, -0.2) is 8.78 Å². The summed E-state index contributed by atoms with van der Waals surface area (Å²) in [7, 11) is 0. The molecular formula is C7H5BrF2INO. The Labute approximate surface area is 95.0 Å². The van der Waals surface area contributed by atoms with E-state index in [1.54, 1.807) is 22.6 Å². The number of pyridine rings is 1. The van der Waals surface area contributed by atoms with E-state index in [-0.39, 0.29) is 0 Å². The Morgan fingerprint density at radius 3 is 2.62 bits per heavy atom. The van der Waals surface area contributed by atoms with E-state index in [1.807, 2.05) is 0 Å². The highest BCUT2D eigenvalue weighted by molar-refractivity contribution is 14.1. The molecule has 0 aliphatic rings. The summed E-state index contributed by atoms with van der Waals surface area (Å²) in [5.74, 6) is 0. The van der Waals surface area contributed by atoms with E-state index in [0.717, 1.165) is 0 Å². The predicted octanol–water partition coefficient (Wildman–Crippen LogP) is 2.81. The molecule has 1 aromatic rings. The van der Waals surface area contributed by atoms with Crippen molar-refractivity contribution in [1.82, 2.24) is 4.98 Å². The zero-order valence-corrected chi connectivity index (χ0v) is 10.0. The third-order valence-corrected chi connectivity index (χ3v) is 2.94. The van der Waals surface area contributed by atoms with Gasteiger partial charge in [-0.3, -0.25) is 4.79 Å². The van der Waals surface area contributed by atoms with Crippen molar-refractivity contribution < 1.29 is 8.78 Å². The number of aromatic amines is 1. The van der Waals surface area contributed by atoms with Gasteiger partial charge in [-0.05, 0) is 28.7 Å². The van der Waals surface area contributed by atoms with E-state index < -0.39 is 17.5 Å². The maximum atomic E-state index is 12.3. The summed E-state index contributed by atoms with van der Waals surface area (Å²) in [6.45, 7) is 0. The minimum Gasteiger partial charge on any atom is -0.325 e. The van der Waals surface area contributed by atoms with Gasteiger partial charge < -0.3 is 4.98 Å². The summed E-state index contributed by atoms with van der Waals surface area (Å²) in [6, 6.07) is 1.53. The van der Waals surface area contributed by atoms with Crippen molar-refractivity contribution in [2.24, 2.45) is 0 Å². The molecule has 0 aliphatic heterocycles. The molecule has 0 atom stereocenters. The SMILES string of the molecule is O=c1[nH]c(CBr)cc(I)c1C(F)F. The summed E-state index contributed by atoms with van der Waals surface area (Å²) < 4.78 is 24.9. The minimum absolute atomic E-state index is 0.297. The Bertz CT molecular complexity index is 366. The Morgan fingerprint density at radius 1 is 1.62 bits per heavy atom. The highest BCUT2D eigenvalue weighted by Crippen LogP contribution is 2.21. The van der Waals surface area contributed by atoms with Crippen molar-refractivity contribution in [1.29, 1.82) is 0 Å². The van der Waals surface area contributed by atoms with Crippen LogP contribution in [0, 0.1) is 3.57 Å². The lowest BCUT2D eigenvalue weighted by molar-refractivity contribution is 0.148. The smallest absolute Gasteiger partial charge is 0.270 e. The van der Waals surface area contributed by atoms with Crippen LogP contribution in [0.25, 0.3) is 0 Å². The maximum absolute atomic E-state index is 12.3. The minimum atomic E-state index is -2.72. The van der Waals surface area contributed by atoms with Gasteiger partial charge in [0.25, 0.3) is 12.0 Å². The first-order valence-corrected chi connectivity index (χ1v) is 5.52. The molecule has 0 fully saturated rings. The van der Waals surface area contributed by atoms with Gasteiger partial charge in [0.15, 0.2) is 0 Å². The average molecular weight is 364 g/mol. The van der Waals surface area contributed by atoms with Gasteiger partial charge in [0, 0.05) is 14.6 Å². The largest absolute Gasteiger partial charge is 0.325 e. The summed E-state index contributed by atoms with van der Waals surface area (Å²) in [5, 5.41) is 0.446. The number of hydrogen-bond donors (Lipinski definition) is 1. The highest BCUT2D eigenvalue weighted by Gasteiger charge is 2.16. The molecule has 13 heavy (non-hydrogen) atoms. The summed E-state index contributed by atoms with van der Waals surface area (Å²) >= 11 is 4.86. The Hall–Kier alpha value is 0.0200. The van der Waals surface area contributed by atoms with Crippen LogP contribution in [0.1, 0.15) is 17.7 Å². The Kier molecular flexibility index (Phi) is 3.84. The molecule has 0 unspecified atom stereocenters. The monoisotopic (exact) mass is 363 g/mol. The molecule has 0 amide bonds. The van der Waals surface area contributed by atoms with E-state index >= 15 is 0 Å². The fourth-order valence-corrected chi connectivity index (χ4v) is 2.02. The normalized spacial score (nSPS) is 10.8. The van der Waals surface area contributed by atoms with Crippen LogP contribution in [0.15, 0.2) is 10.9 Å². The van der Waals surface area contributed by atoms with Crippen LogP contribution >= 0.6 is 38.5 Å². The van der Waals surface area contributed by atoms with E-state index in [4.69, 9.17) is 0 Å². The van der Waals surface area contributed by atoms with Crippen molar-refractivity contribution in [3.63, 3.8) is 0 Å². The summed E-state index contributed by atoms with van der Waals surface area (Å²) in [6.07, 6.45) is -2.72. The number of H-pyrrole nitrogens is 1. The van der Waals surface area contributed by atoms with Crippen LogP contribution in [-0.2, 0) is 5.33 Å². The molecule has 1 N–H and O–H groups in total. The molecule has 0 spiro atoms. The molecular weight excluding hydrogens is 359 g/mol. The number of nitrogens with one attached hydrogen (secondary N) is 1. The van der Waals surface area contributed by atoms with Gasteiger partial charge >= 0.3 is 0 Å². The van der Waals surface area contributed by atoms with Crippen LogP contribution in [-0.4, -0.2) is 4.98 Å². The molecule has 72 valence electrons. The van der Waals surface area contributed by atoms with Crippen LogP contribution in [0.2, 0.25) is 0 Å². The van der Waals surface area contributed by atoms with Crippen molar-refractivity contribution >= 4 is 38.5 Å². The number of alkyl halides is 3. The van der Waals surface area contributed by atoms with Crippen molar-refractivity contribution in [3.8, 4) is 0 Å². The lowest BCUT2D eigenvalue weighted by Gasteiger charge is -2.03. The molecule has 1 rings (SSSR count). The van der Waals surface area contributed by atoms with Crippen molar-refractivity contribution in [3.05, 3.63) is 31.2 Å². The molecule has 0 saturated heterocycles. The third-order valence-electron chi connectivity index (χ3n) is 1.44. The van der Waals surface area contributed by atoms with E-state index in [1.165, 1.54) is 6.07 Å². The standard InChI is InChI=1S/C7H5BrF2INO/c8-2-3-1-4(11)5(6(9)10)7(13)12-3/h1,6H,2H2,(H,12,13). The summed E-state index contributed by atoms with van der Waals surface area (Å²) in [5.41, 5.74) is -0.569. The molecule has 2 nitrogen and oxygen atoms in total. The van der Waals surface area contributed by atoms with Gasteiger partial charge in [0.05, 0.1) is 5.56 Å². The quantitative estimate of drug-likeness (QED) is 0.636. The lowest BCUT2D eigenvalue weighted by Crippen LogP contribution is -2.16. The Balaban J connectivity index is 3.32. The number of aromatic nitrogens is 1. The molecule has 1 heterocycles. The van der Waals surface area contributed by atoms with Crippen molar-refractivity contribution in [2.45, 2.75) is 11.8 Å². The molecule has 6 heteroatoms. The predicted molar refractivity (Wildman–Crippen MR) is 57.4 cm³/mol. The molecule has 0 saturated carbocycles. The second-order valence-corrected chi connectivity index (χ2v) is 4.04. The molecule has 0 aromatic carbocycles. The zero-order chi connectivity index (χ0) is 10.0. The van der Waals surface area contributed by atoms with Crippen LogP contribution < -0.4 is 5.56 Å². The van der Waals surface area contributed by atoms with E-state index in [0.29, 0.717) is 14.6 Å². The van der Waals surface area contributed by atoms with Gasteiger partial charge in [0.1, 0.15) is 0 Å². The van der Waals surface area contributed by atoms with Gasteiger partial charge in [0.2, 0.25) is 0 Å². The lowest BCUT2D eigenvalue weighted by atomic mass is 10.2. The molecule has 0 radical (unpaired) electrons. The second kappa shape index (κ2) is 4.50. The molecule has 0 bridgehead atoms. The first-order valence-electron chi connectivity index (χ1n) is 3.32. The fraction of sp³-hybridized carbons (Fsp3) is 0.286. The summed E-state index contributed by atoms with van der Waals surface area (Å²) in [4.78, 5) is 13.5. The van der Waals surface area contributed by atoms with Crippen molar-refractivity contribution in [2.75, 3.05) is 0 Å². The first-order chi connectivity index (χ1) is 6.06. The van der Waals surface area contributed by atoms with Gasteiger partial charge in [-0.15, -0.1) is 0 Å². The van der Waals surface area contributed by atoms with Crippen LogP contribution in [0.3, 0.4) is 0 Å². The van der Waals surface area contributed by atoms with Crippen LogP contribution in [0.4, 0.5) is 8.78 Å². The van der Waals surface area contributed by atoms with E-state index in [2.05, 4.69) is 20.9 Å². The number of halogens is 4. The zero-order valence-electron chi connectivity index (χ0n) is 6.28. The number of rotatable bonds is 2. The van der Waals surface area contributed by atoms with Gasteiger partial charge in [-0.2, -0.15) is 0 Å². The third kappa shape index (κ3) is 2.49. The topological polar surface area (TPSA) is 32.9 Å². The maximum Gasteiger partial charge on any atom is 0.270 e. The Morgan fingerprint density at radius 2 is 2.23 bits per heavy atom. The van der Waals surface area contributed by atoms with Crippen LogP contribution in [0.5, 0.6) is 0 Å². The average Bonchev–Trinajstić information content (AvgIpc) is 2.02. The second-order valence-electron chi connectivity index (χ2n) is 2.32. The fourth-order valence-electron chi connectivity index (χ4n) is 0.864.